The molecule has 0 aromatic carbocycles. The first-order valence-corrected chi connectivity index (χ1v) is 6.48. The number of aliphatic hydroxyl groups is 1. The molecule has 1 saturated heterocycles. The van der Waals surface area contributed by atoms with Crippen LogP contribution >= 0.6 is 11.8 Å². The lowest BCUT2D eigenvalue weighted by Gasteiger charge is -2.41. The van der Waals surface area contributed by atoms with Crippen LogP contribution in [0.15, 0.2) is 11.0 Å². The van der Waals surface area contributed by atoms with Gasteiger partial charge in [-0.1, -0.05) is 6.08 Å². The van der Waals surface area contributed by atoms with Gasteiger partial charge in [-0.15, -0.1) is 11.8 Å². The number of thioether (sulfide) groups is 1. The second-order valence-electron chi connectivity index (χ2n) is 4.56. The van der Waals surface area contributed by atoms with Gasteiger partial charge < -0.3 is 15.6 Å². The van der Waals surface area contributed by atoms with Crippen molar-refractivity contribution >= 4 is 19.6 Å². The van der Waals surface area contributed by atoms with Crippen LogP contribution in [0, 0.1) is 5.92 Å². The Morgan fingerprint density at radius 2 is 2.53 bits per heavy atom. The molecule has 2 aliphatic heterocycles. The number of rotatable bonds is 2. The van der Waals surface area contributed by atoms with Crippen LogP contribution in [-0.4, -0.2) is 44.1 Å². The van der Waals surface area contributed by atoms with Crippen molar-refractivity contribution in [3.63, 3.8) is 0 Å². The fourth-order valence-electron chi connectivity index (χ4n) is 2.22. The predicted molar refractivity (Wildman–Crippen MR) is 65.8 cm³/mol. The summed E-state index contributed by atoms with van der Waals surface area (Å²) in [5.74, 6) is 1.77. The number of hydrogen-bond donors (Lipinski definition) is 2. The van der Waals surface area contributed by atoms with Crippen LogP contribution in [0.5, 0.6) is 0 Å². The van der Waals surface area contributed by atoms with Crippen LogP contribution in [0.4, 0.5) is 0 Å². The van der Waals surface area contributed by atoms with E-state index in [0.29, 0.717) is 19.0 Å². The summed E-state index contributed by atoms with van der Waals surface area (Å²) in [5, 5.41) is 9.36. The second kappa shape index (κ2) is 4.49. The van der Waals surface area contributed by atoms with Gasteiger partial charge in [0.15, 0.2) is 0 Å². The van der Waals surface area contributed by atoms with E-state index in [-0.39, 0.29) is 18.1 Å². The quantitative estimate of drug-likeness (QED) is 0.639. The molecule has 1 fully saturated rings. The Bertz CT molecular complexity index is 274. The highest BCUT2D eigenvalue weighted by Crippen LogP contribution is 2.43. The zero-order valence-electron chi connectivity index (χ0n) is 9.11. The van der Waals surface area contributed by atoms with Crippen molar-refractivity contribution in [3.8, 4) is 0 Å². The van der Waals surface area contributed by atoms with Crippen molar-refractivity contribution in [2.45, 2.75) is 17.8 Å². The molecule has 3 atom stereocenters. The van der Waals surface area contributed by atoms with Crippen LogP contribution < -0.4 is 5.73 Å². The standard InChI is InChI=1S/C10H18BNO2S/c11-8-3-9(15-6-8)10(12)1-2-14-5-7(10)4-13/h3,7-8,13H,1-2,4-6,11-12H2/t7-,8?,10+/m1/s1. The van der Waals surface area contributed by atoms with Gasteiger partial charge in [-0.25, -0.2) is 0 Å². The summed E-state index contributed by atoms with van der Waals surface area (Å²) >= 11 is 1.84. The summed E-state index contributed by atoms with van der Waals surface area (Å²) in [7, 11) is 2.20. The molecule has 2 rings (SSSR count). The van der Waals surface area contributed by atoms with Crippen molar-refractivity contribution in [1.82, 2.24) is 0 Å². The van der Waals surface area contributed by atoms with Gasteiger partial charge in [-0.3, -0.25) is 0 Å². The number of hydrogen-bond acceptors (Lipinski definition) is 4. The molecule has 0 aromatic heterocycles. The van der Waals surface area contributed by atoms with Gasteiger partial charge in [0.2, 0.25) is 0 Å². The Morgan fingerprint density at radius 1 is 1.73 bits per heavy atom. The minimum Gasteiger partial charge on any atom is -0.396 e. The third kappa shape index (κ3) is 2.11. The summed E-state index contributed by atoms with van der Waals surface area (Å²) in [6, 6.07) is 0. The van der Waals surface area contributed by atoms with Crippen molar-refractivity contribution in [1.29, 1.82) is 0 Å². The molecule has 3 N–H and O–H groups in total. The fraction of sp³-hybridized carbons (Fsp3) is 0.800. The van der Waals surface area contributed by atoms with Crippen LogP contribution in [0.1, 0.15) is 6.42 Å². The van der Waals surface area contributed by atoms with Gasteiger partial charge >= 0.3 is 0 Å². The van der Waals surface area contributed by atoms with Gasteiger partial charge in [-0.2, -0.15) is 0 Å². The highest BCUT2D eigenvalue weighted by atomic mass is 32.2. The molecule has 0 bridgehead atoms. The van der Waals surface area contributed by atoms with Crippen molar-refractivity contribution in [2.24, 2.45) is 11.7 Å². The molecular weight excluding hydrogens is 209 g/mol. The van der Waals surface area contributed by atoms with Crippen LogP contribution in [0.25, 0.3) is 0 Å². The first-order chi connectivity index (χ1) is 7.16. The Morgan fingerprint density at radius 3 is 3.13 bits per heavy atom. The molecule has 0 saturated carbocycles. The van der Waals surface area contributed by atoms with Crippen molar-refractivity contribution in [3.05, 3.63) is 11.0 Å². The highest BCUT2D eigenvalue weighted by molar-refractivity contribution is 8.03. The lowest BCUT2D eigenvalue weighted by molar-refractivity contribution is -0.00587. The van der Waals surface area contributed by atoms with Crippen LogP contribution in [-0.2, 0) is 4.74 Å². The molecule has 84 valence electrons. The van der Waals surface area contributed by atoms with E-state index >= 15 is 0 Å². The van der Waals surface area contributed by atoms with Gasteiger partial charge in [0.05, 0.1) is 18.8 Å². The average Bonchev–Trinajstić information content (AvgIpc) is 2.66. The maximum atomic E-state index is 9.36. The fourth-order valence-corrected chi connectivity index (χ4v) is 3.63. The monoisotopic (exact) mass is 227 g/mol. The molecular formula is C10H18BNO2S. The Hall–Kier alpha value is 0.0349. The van der Waals surface area contributed by atoms with Crippen molar-refractivity contribution in [2.75, 3.05) is 25.6 Å². The van der Waals surface area contributed by atoms with Crippen LogP contribution in [0.2, 0.25) is 5.82 Å². The van der Waals surface area contributed by atoms with E-state index in [2.05, 4.69) is 13.9 Å². The molecule has 0 aromatic rings. The minimum absolute atomic E-state index is 0.0512. The predicted octanol–water partition coefficient (Wildman–Crippen LogP) is -0.235. The van der Waals surface area contributed by atoms with Crippen LogP contribution in [0.3, 0.4) is 0 Å². The minimum atomic E-state index is -0.345. The lowest BCUT2D eigenvalue weighted by Crippen LogP contribution is -2.54. The highest BCUT2D eigenvalue weighted by Gasteiger charge is 2.42. The van der Waals surface area contributed by atoms with E-state index in [1.165, 1.54) is 4.91 Å². The molecule has 0 aliphatic carbocycles. The van der Waals surface area contributed by atoms with Gasteiger partial charge in [0.1, 0.15) is 7.85 Å². The molecule has 0 radical (unpaired) electrons. The summed E-state index contributed by atoms with van der Waals surface area (Å²) in [5.41, 5.74) is 6.11. The number of aliphatic hydroxyl groups excluding tert-OH is 1. The van der Waals surface area contributed by atoms with Crippen molar-refractivity contribution < 1.29 is 9.84 Å². The zero-order valence-corrected chi connectivity index (χ0v) is 9.93. The van der Waals surface area contributed by atoms with E-state index in [0.717, 1.165) is 12.2 Å². The first kappa shape index (κ1) is 11.5. The zero-order chi connectivity index (χ0) is 10.9. The van der Waals surface area contributed by atoms with E-state index in [1.54, 1.807) is 0 Å². The molecule has 0 spiro atoms. The Labute approximate surface area is 95.8 Å². The second-order valence-corrected chi connectivity index (χ2v) is 5.63. The maximum Gasteiger partial charge on any atom is 0.111 e. The summed E-state index contributed by atoms with van der Waals surface area (Å²) in [6.45, 7) is 1.40. The average molecular weight is 227 g/mol. The topological polar surface area (TPSA) is 55.5 Å². The SMILES string of the molecule is BC1C=C([C@]2(N)CCOC[C@H]2CO)SC1. The van der Waals surface area contributed by atoms with Gasteiger partial charge in [-0.05, 0) is 18.0 Å². The molecule has 2 heterocycles. The van der Waals surface area contributed by atoms with Gasteiger partial charge in [0.25, 0.3) is 0 Å². The molecule has 2 aliphatic rings. The largest absolute Gasteiger partial charge is 0.396 e. The Kier molecular flexibility index (Phi) is 3.45. The summed E-state index contributed by atoms with van der Waals surface area (Å²) in [6.07, 6.45) is 3.09. The summed E-state index contributed by atoms with van der Waals surface area (Å²) < 4.78 is 5.38. The van der Waals surface area contributed by atoms with E-state index in [4.69, 9.17) is 10.5 Å². The number of nitrogens with two attached hydrogens (primary N) is 1. The van der Waals surface area contributed by atoms with E-state index < -0.39 is 0 Å². The van der Waals surface area contributed by atoms with E-state index in [1.807, 2.05) is 11.8 Å². The smallest absolute Gasteiger partial charge is 0.111 e. The number of allylic oxidation sites excluding steroid dienone is 1. The third-order valence-electron chi connectivity index (χ3n) is 3.32. The molecule has 0 amide bonds. The van der Waals surface area contributed by atoms with E-state index in [9.17, 15) is 5.11 Å². The molecule has 15 heavy (non-hydrogen) atoms. The maximum absolute atomic E-state index is 9.36. The number of ether oxygens (including phenoxy) is 1. The van der Waals surface area contributed by atoms with Gasteiger partial charge in [0, 0.05) is 17.4 Å². The third-order valence-corrected chi connectivity index (χ3v) is 4.84. The summed E-state index contributed by atoms with van der Waals surface area (Å²) in [4.78, 5) is 1.26. The molecule has 5 heteroatoms. The first-order valence-electron chi connectivity index (χ1n) is 5.49. The normalized spacial score (nSPS) is 41.6. The molecule has 3 nitrogen and oxygen atoms in total. The Balaban J connectivity index is 2.18. The molecule has 1 unspecified atom stereocenters. The lowest BCUT2D eigenvalue weighted by atomic mass is 9.78.